The molecule has 0 saturated heterocycles. The van der Waals surface area contributed by atoms with E-state index in [1.54, 1.807) is 13.0 Å². The number of nitriles is 1. The highest BCUT2D eigenvalue weighted by Gasteiger charge is 2.32. The van der Waals surface area contributed by atoms with Gasteiger partial charge in [0.15, 0.2) is 0 Å². The van der Waals surface area contributed by atoms with Gasteiger partial charge in [0.2, 0.25) is 0 Å². The first-order valence-corrected chi connectivity index (χ1v) is 6.99. The third-order valence-electron chi connectivity index (χ3n) is 2.80. The Morgan fingerprint density at radius 3 is 2.67 bits per heavy atom. The first-order chi connectivity index (χ1) is 11.3. The number of amides is 1. The van der Waals surface area contributed by atoms with Crippen LogP contribution in [0.3, 0.4) is 0 Å². The second-order valence-corrected chi connectivity index (χ2v) is 4.62. The van der Waals surface area contributed by atoms with Gasteiger partial charge in [-0.3, -0.25) is 4.79 Å². The monoisotopic (exact) mass is 335 g/mol. The van der Waals surface area contributed by atoms with E-state index in [0.29, 0.717) is 11.3 Å². The largest absolute Gasteiger partial charge is 0.416 e. The lowest BCUT2D eigenvalue weighted by atomic mass is 10.1. The number of nitrogens with one attached hydrogen (secondary N) is 2. The minimum atomic E-state index is -4.59. The van der Waals surface area contributed by atoms with E-state index in [1.807, 2.05) is 6.07 Å². The molecular weight excluding hydrogens is 319 g/mol. The molecule has 1 aromatic rings. The van der Waals surface area contributed by atoms with Gasteiger partial charge in [-0.1, -0.05) is 25.6 Å². The highest BCUT2D eigenvalue weighted by atomic mass is 19.4. The molecule has 7 heteroatoms. The van der Waals surface area contributed by atoms with E-state index in [1.165, 1.54) is 18.2 Å². The molecule has 0 unspecified atom stereocenters. The molecule has 2 N–H and O–H groups in total. The molecule has 0 aliphatic carbocycles. The molecule has 0 heterocycles. The van der Waals surface area contributed by atoms with Crippen molar-refractivity contribution >= 4 is 11.6 Å². The van der Waals surface area contributed by atoms with Crippen molar-refractivity contribution in [3.05, 3.63) is 66.0 Å². The summed E-state index contributed by atoms with van der Waals surface area (Å²) in [6, 6.07) is 7.96. The zero-order valence-electron chi connectivity index (χ0n) is 12.9. The molecule has 0 atom stereocenters. The van der Waals surface area contributed by atoms with Gasteiger partial charge in [0.05, 0.1) is 17.2 Å². The molecule has 0 saturated carbocycles. The lowest BCUT2D eigenvalue weighted by Crippen LogP contribution is -2.24. The topological polar surface area (TPSA) is 64.9 Å². The smallest absolute Gasteiger partial charge is 0.351 e. The average Bonchev–Trinajstić information content (AvgIpc) is 2.53. The Morgan fingerprint density at radius 2 is 2.12 bits per heavy atom. The van der Waals surface area contributed by atoms with E-state index in [2.05, 4.69) is 17.2 Å². The van der Waals surface area contributed by atoms with E-state index >= 15 is 0 Å². The van der Waals surface area contributed by atoms with Crippen molar-refractivity contribution in [2.75, 3.05) is 5.32 Å². The third-order valence-corrected chi connectivity index (χ3v) is 2.80. The van der Waals surface area contributed by atoms with E-state index in [4.69, 9.17) is 5.26 Å². The van der Waals surface area contributed by atoms with Gasteiger partial charge in [-0.25, -0.2) is 0 Å². The SMILES string of the molecule is C=CNC(=O)/C(=C/C(=C/CC)C(F)(F)F)Nc1cccc(C#N)c1. The third kappa shape index (κ3) is 5.65. The van der Waals surface area contributed by atoms with Crippen LogP contribution < -0.4 is 10.6 Å². The molecule has 0 spiro atoms. The second-order valence-electron chi connectivity index (χ2n) is 4.62. The molecule has 1 rings (SSSR count). The van der Waals surface area contributed by atoms with Crippen LogP contribution in [-0.4, -0.2) is 12.1 Å². The standard InChI is InChI=1S/C17H16F3N3O/c1-3-6-13(17(18,19)20)10-15(16(24)22-4-2)23-14-8-5-7-12(9-14)11-21/h4-10,23H,2-3H2,1H3,(H,22,24)/b13-6-,15-10-. The van der Waals surface area contributed by atoms with Gasteiger partial charge in [0, 0.05) is 5.69 Å². The number of anilines is 1. The van der Waals surface area contributed by atoms with Crippen LogP contribution >= 0.6 is 0 Å². The quantitative estimate of drug-likeness (QED) is 0.610. The van der Waals surface area contributed by atoms with Gasteiger partial charge in [0.1, 0.15) is 5.70 Å². The first kappa shape index (κ1) is 19.0. The van der Waals surface area contributed by atoms with E-state index in [9.17, 15) is 18.0 Å². The van der Waals surface area contributed by atoms with Gasteiger partial charge in [-0.15, -0.1) is 0 Å². The maximum Gasteiger partial charge on any atom is 0.416 e. The number of carbonyl (C=O) groups excluding carboxylic acids is 1. The molecule has 4 nitrogen and oxygen atoms in total. The molecule has 0 aliphatic heterocycles. The molecule has 0 fully saturated rings. The summed E-state index contributed by atoms with van der Waals surface area (Å²) in [5.74, 6) is -0.779. The number of carbonyl (C=O) groups is 1. The van der Waals surface area contributed by atoms with Crippen LogP contribution in [0.15, 0.2) is 60.5 Å². The van der Waals surface area contributed by atoms with Crippen LogP contribution in [0.4, 0.5) is 18.9 Å². The van der Waals surface area contributed by atoms with Gasteiger partial charge in [-0.2, -0.15) is 18.4 Å². The number of rotatable bonds is 6. The average molecular weight is 335 g/mol. The lowest BCUT2D eigenvalue weighted by Gasteiger charge is -2.13. The molecule has 1 aromatic carbocycles. The molecule has 0 aromatic heterocycles. The van der Waals surface area contributed by atoms with Gasteiger partial charge < -0.3 is 10.6 Å². The summed E-state index contributed by atoms with van der Waals surface area (Å²) in [4.78, 5) is 12.0. The number of allylic oxidation sites excluding steroid dienone is 3. The first-order valence-electron chi connectivity index (χ1n) is 6.99. The van der Waals surface area contributed by atoms with Crippen LogP contribution in [0.5, 0.6) is 0 Å². The molecule has 0 radical (unpaired) electrons. The minimum absolute atomic E-state index is 0.158. The van der Waals surface area contributed by atoms with Crippen molar-refractivity contribution in [3.63, 3.8) is 0 Å². The molecule has 0 aliphatic rings. The van der Waals surface area contributed by atoms with E-state index in [-0.39, 0.29) is 12.1 Å². The van der Waals surface area contributed by atoms with Crippen LogP contribution in [-0.2, 0) is 4.79 Å². The number of benzene rings is 1. The zero-order chi connectivity index (χ0) is 18.2. The fourth-order valence-electron chi connectivity index (χ4n) is 1.78. The summed E-state index contributed by atoms with van der Waals surface area (Å²) in [5.41, 5.74) is -0.633. The summed E-state index contributed by atoms with van der Waals surface area (Å²) in [5, 5.41) is 13.7. The van der Waals surface area contributed by atoms with Crippen LogP contribution in [0.25, 0.3) is 0 Å². The Bertz CT molecular complexity index is 713. The number of hydrogen-bond acceptors (Lipinski definition) is 3. The predicted octanol–water partition coefficient (Wildman–Crippen LogP) is 4.01. The summed E-state index contributed by atoms with van der Waals surface area (Å²) in [6.45, 7) is 4.88. The highest BCUT2D eigenvalue weighted by Crippen LogP contribution is 2.28. The molecular formula is C17H16F3N3O. The van der Waals surface area contributed by atoms with E-state index in [0.717, 1.165) is 18.4 Å². The molecule has 0 bridgehead atoms. The highest BCUT2D eigenvalue weighted by molar-refractivity contribution is 5.97. The summed E-state index contributed by atoms with van der Waals surface area (Å²) >= 11 is 0. The Hall–Kier alpha value is -3.01. The second kappa shape index (κ2) is 8.58. The Labute approximate surface area is 138 Å². The Balaban J connectivity index is 3.27. The number of nitrogens with zero attached hydrogens (tertiary/aromatic N) is 1. The van der Waals surface area contributed by atoms with Crippen LogP contribution in [0.2, 0.25) is 0 Å². The van der Waals surface area contributed by atoms with Crippen molar-refractivity contribution in [1.82, 2.24) is 5.32 Å². The maximum atomic E-state index is 13.0. The van der Waals surface area contributed by atoms with Crippen molar-refractivity contribution in [2.45, 2.75) is 19.5 Å². The molecule has 24 heavy (non-hydrogen) atoms. The number of alkyl halides is 3. The van der Waals surface area contributed by atoms with Crippen molar-refractivity contribution < 1.29 is 18.0 Å². The normalized spacial score (nSPS) is 12.3. The number of hydrogen-bond donors (Lipinski definition) is 2. The predicted molar refractivity (Wildman–Crippen MR) is 85.6 cm³/mol. The lowest BCUT2D eigenvalue weighted by molar-refractivity contribution is -0.116. The number of halogens is 3. The zero-order valence-corrected chi connectivity index (χ0v) is 12.9. The van der Waals surface area contributed by atoms with Crippen LogP contribution in [0, 0.1) is 11.3 Å². The summed E-state index contributed by atoms with van der Waals surface area (Å²) < 4.78 is 39.1. The Morgan fingerprint density at radius 1 is 1.42 bits per heavy atom. The van der Waals surface area contributed by atoms with Crippen LogP contribution in [0.1, 0.15) is 18.9 Å². The fourth-order valence-corrected chi connectivity index (χ4v) is 1.78. The molecule has 126 valence electrons. The van der Waals surface area contributed by atoms with Gasteiger partial charge in [-0.05, 0) is 36.9 Å². The van der Waals surface area contributed by atoms with Crippen molar-refractivity contribution in [2.24, 2.45) is 0 Å². The van der Waals surface area contributed by atoms with Gasteiger partial charge >= 0.3 is 6.18 Å². The van der Waals surface area contributed by atoms with Gasteiger partial charge in [0.25, 0.3) is 5.91 Å². The minimum Gasteiger partial charge on any atom is -0.351 e. The van der Waals surface area contributed by atoms with E-state index < -0.39 is 17.7 Å². The fraction of sp³-hybridized carbons (Fsp3) is 0.176. The summed E-state index contributed by atoms with van der Waals surface area (Å²) in [7, 11) is 0. The maximum absolute atomic E-state index is 13.0. The summed E-state index contributed by atoms with van der Waals surface area (Å²) in [6.07, 6.45) is -1.66. The molecule has 1 amide bonds. The Kier molecular flexibility index (Phi) is 6.80. The van der Waals surface area contributed by atoms with Crippen molar-refractivity contribution in [1.29, 1.82) is 5.26 Å². The van der Waals surface area contributed by atoms with Crippen molar-refractivity contribution in [3.8, 4) is 6.07 Å².